The minimum absolute atomic E-state index is 0.0275. The molecule has 0 aliphatic heterocycles. The highest BCUT2D eigenvalue weighted by Crippen LogP contribution is 2.10. The molecule has 0 heterocycles. The van der Waals surface area contributed by atoms with Crippen LogP contribution in [0.15, 0.2) is 18.2 Å². The average molecular weight is 217 g/mol. The Morgan fingerprint density at radius 3 is 2.88 bits per heavy atom. The van der Waals surface area contributed by atoms with E-state index in [-0.39, 0.29) is 18.4 Å². The molecule has 0 aromatic heterocycles. The Bertz CT molecular complexity index is 506. The van der Waals surface area contributed by atoms with Crippen molar-refractivity contribution in [2.24, 2.45) is 0 Å². The third-order valence-electron chi connectivity index (χ3n) is 1.79. The van der Waals surface area contributed by atoms with Gasteiger partial charge in [0.15, 0.2) is 0 Å². The summed E-state index contributed by atoms with van der Waals surface area (Å²) in [6.45, 7) is 0. The predicted octanol–water partition coefficient (Wildman–Crippen LogP) is 1.72. The molecule has 1 aromatic rings. The van der Waals surface area contributed by atoms with Gasteiger partial charge < -0.3 is 5.11 Å². The molecule has 3 nitrogen and oxygen atoms in total. The molecule has 16 heavy (non-hydrogen) atoms. The molecule has 0 aliphatic rings. The van der Waals surface area contributed by atoms with Crippen LogP contribution in [0.25, 0.3) is 0 Å². The molecular formula is C12H8FNO2. The second kappa shape index (κ2) is 5.53. The second-order valence-corrected chi connectivity index (χ2v) is 3.01. The average Bonchev–Trinajstić information content (AvgIpc) is 2.22. The van der Waals surface area contributed by atoms with E-state index in [2.05, 4.69) is 11.8 Å². The van der Waals surface area contributed by atoms with Crippen LogP contribution in [0.1, 0.15) is 17.5 Å². The lowest BCUT2D eigenvalue weighted by molar-refractivity contribution is -0.135. The van der Waals surface area contributed by atoms with Crippen molar-refractivity contribution in [2.75, 3.05) is 0 Å². The lowest BCUT2D eigenvalue weighted by Gasteiger charge is -1.98. The summed E-state index contributed by atoms with van der Waals surface area (Å²) in [5, 5.41) is 16.8. The highest BCUT2D eigenvalue weighted by Gasteiger charge is 2.01. The molecule has 0 saturated heterocycles. The van der Waals surface area contributed by atoms with Crippen LogP contribution in [0.2, 0.25) is 0 Å². The van der Waals surface area contributed by atoms with Crippen LogP contribution in [0.5, 0.6) is 0 Å². The van der Waals surface area contributed by atoms with Gasteiger partial charge in [0, 0.05) is 11.1 Å². The number of carboxylic acid groups (broad SMARTS) is 1. The van der Waals surface area contributed by atoms with Crippen LogP contribution in [-0.2, 0) is 11.2 Å². The Morgan fingerprint density at radius 2 is 2.25 bits per heavy atom. The molecule has 0 bridgehead atoms. The maximum absolute atomic E-state index is 13.1. The van der Waals surface area contributed by atoms with Crippen LogP contribution >= 0.6 is 0 Å². The van der Waals surface area contributed by atoms with Crippen LogP contribution in [0, 0.1) is 29.0 Å². The molecule has 1 rings (SSSR count). The van der Waals surface area contributed by atoms with Gasteiger partial charge in [-0.1, -0.05) is 11.8 Å². The summed E-state index contributed by atoms with van der Waals surface area (Å²) >= 11 is 0. The van der Waals surface area contributed by atoms with Crippen molar-refractivity contribution < 1.29 is 14.3 Å². The molecule has 0 unspecified atom stereocenters. The SMILES string of the molecule is N#CCc1cc(C#CCC(=O)O)ccc1F. The van der Waals surface area contributed by atoms with Crippen LogP contribution < -0.4 is 0 Å². The third kappa shape index (κ3) is 3.43. The van der Waals surface area contributed by atoms with E-state index in [9.17, 15) is 9.18 Å². The van der Waals surface area contributed by atoms with Crippen molar-refractivity contribution in [2.45, 2.75) is 12.8 Å². The van der Waals surface area contributed by atoms with E-state index in [0.717, 1.165) is 0 Å². The zero-order valence-electron chi connectivity index (χ0n) is 8.33. The number of halogens is 1. The Balaban J connectivity index is 2.89. The molecule has 0 saturated carbocycles. The number of aliphatic carboxylic acids is 1. The van der Waals surface area contributed by atoms with Crippen molar-refractivity contribution in [3.05, 3.63) is 35.1 Å². The Kier molecular flexibility index (Phi) is 4.06. The summed E-state index contributed by atoms with van der Waals surface area (Å²) in [4.78, 5) is 10.2. The van der Waals surface area contributed by atoms with Gasteiger partial charge >= 0.3 is 5.97 Å². The molecule has 1 aromatic carbocycles. The molecule has 0 aliphatic carbocycles. The first kappa shape index (κ1) is 11.7. The summed E-state index contributed by atoms with van der Waals surface area (Å²) in [5.41, 5.74) is 0.775. The van der Waals surface area contributed by atoms with Crippen LogP contribution in [-0.4, -0.2) is 11.1 Å². The lowest BCUT2D eigenvalue weighted by Crippen LogP contribution is -1.91. The number of carboxylic acids is 1. The maximum Gasteiger partial charge on any atom is 0.315 e. The number of hydrogen-bond acceptors (Lipinski definition) is 2. The van der Waals surface area contributed by atoms with E-state index >= 15 is 0 Å². The molecule has 1 N–H and O–H groups in total. The third-order valence-corrected chi connectivity index (χ3v) is 1.79. The minimum atomic E-state index is -1.01. The number of carbonyl (C=O) groups is 1. The highest BCUT2D eigenvalue weighted by molar-refractivity contribution is 5.70. The number of rotatable bonds is 2. The normalized spacial score (nSPS) is 8.75. The van der Waals surface area contributed by atoms with Gasteiger partial charge in [0.1, 0.15) is 12.2 Å². The maximum atomic E-state index is 13.1. The number of hydrogen-bond donors (Lipinski definition) is 1. The Hall–Kier alpha value is -2.33. The quantitative estimate of drug-likeness (QED) is 0.767. The summed E-state index contributed by atoms with van der Waals surface area (Å²) in [6.07, 6.45) is -0.286. The van der Waals surface area contributed by atoms with E-state index in [1.165, 1.54) is 18.2 Å². The topological polar surface area (TPSA) is 61.1 Å². The van der Waals surface area contributed by atoms with Gasteiger partial charge in [-0.05, 0) is 18.2 Å². The van der Waals surface area contributed by atoms with E-state index in [4.69, 9.17) is 10.4 Å². The van der Waals surface area contributed by atoms with Gasteiger partial charge in [-0.15, -0.1) is 0 Å². The molecule has 0 fully saturated rings. The standard InChI is InChI=1S/C12H8FNO2/c13-11-5-4-9(2-1-3-12(15)16)8-10(11)6-7-14/h4-5,8H,3,6H2,(H,15,16). The molecule has 0 amide bonds. The summed E-state index contributed by atoms with van der Waals surface area (Å²) in [7, 11) is 0. The molecule has 4 heteroatoms. The predicted molar refractivity (Wildman–Crippen MR) is 54.8 cm³/mol. The van der Waals surface area contributed by atoms with Crippen molar-refractivity contribution in [1.29, 1.82) is 5.26 Å². The van der Waals surface area contributed by atoms with Gasteiger partial charge in [0.25, 0.3) is 0 Å². The smallest absolute Gasteiger partial charge is 0.315 e. The number of benzene rings is 1. The zero-order chi connectivity index (χ0) is 12.0. The number of nitrogens with zero attached hydrogens (tertiary/aromatic N) is 1. The second-order valence-electron chi connectivity index (χ2n) is 3.01. The van der Waals surface area contributed by atoms with Crippen molar-refractivity contribution in [1.82, 2.24) is 0 Å². The van der Waals surface area contributed by atoms with E-state index in [1.807, 2.05) is 6.07 Å². The molecular weight excluding hydrogens is 209 g/mol. The monoisotopic (exact) mass is 217 g/mol. The first-order valence-corrected chi connectivity index (χ1v) is 4.49. The number of nitriles is 1. The van der Waals surface area contributed by atoms with Crippen molar-refractivity contribution in [3.63, 3.8) is 0 Å². The zero-order valence-corrected chi connectivity index (χ0v) is 8.33. The fraction of sp³-hybridized carbons (Fsp3) is 0.167. The van der Waals surface area contributed by atoms with Crippen LogP contribution in [0.4, 0.5) is 4.39 Å². The summed E-state index contributed by atoms with van der Waals surface area (Å²) < 4.78 is 13.1. The van der Waals surface area contributed by atoms with Gasteiger partial charge in [0.05, 0.1) is 12.5 Å². The minimum Gasteiger partial charge on any atom is -0.481 e. The van der Waals surface area contributed by atoms with Gasteiger partial charge in [-0.3, -0.25) is 4.79 Å². The molecule has 80 valence electrons. The van der Waals surface area contributed by atoms with Crippen molar-refractivity contribution in [3.8, 4) is 17.9 Å². The Labute approximate surface area is 92.1 Å². The molecule has 0 radical (unpaired) electrons. The fourth-order valence-electron chi connectivity index (χ4n) is 1.10. The molecule has 0 spiro atoms. The van der Waals surface area contributed by atoms with E-state index in [1.54, 1.807) is 0 Å². The first-order valence-electron chi connectivity index (χ1n) is 4.49. The van der Waals surface area contributed by atoms with Crippen molar-refractivity contribution >= 4 is 5.97 Å². The Morgan fingerprint density at radius 1 is 1.50 bits per heavy atom. The molecule has 0 atom stereocenters. The largest absolute Gasteiger partial charge is 0.481 e. The highest BCUT2D eigenvalue weighted by atomic mass is 19.1. The first-order chi connectivity index (χ1) is 7.63. The summed E-state index contributed by atoms with van der Waals surface area (Å²) in [6, 6.07) is 5.97. The summed E-state index contributed by atoms with van der Waals surface area (Å²) in [5.74, 6) is 3.57. The fourth-order valence-corrected chi connectivity index (χ4v) is 1.10. The van der Waals surface area contributed by atoms with Gasteiger partial charge in [-0.25, -0.2) is 4.39 Å². The van der Waals surface area contributed by atoms with Crippen LogP contribution in [0.3, 0.4) is 0 Å². The van der Waals surface area contributed by atoms with E-state index in [0.29, 0.717) is 5.56 Å². The van der Waals surface area contributed by atoms with Gasteiger partial charge in [-0.2, -0.15) is 5.26 Å². The van der Waals surface area contributed by atoms with Gasteiger partial charge in [0.2, 0.25) is 0 Å². The van der Waals surface area contributed by atoms with E-state index < -0.39 is 11.8 Å². The lowest BCUT2D eigenvalue weighted by atomic mass is 10.1.